The van der Waals surface area contributed by atoms with E-state index < -0.39 is 0 Å². The van der Waals surface area contributed by atoms with Gasteiger partial charge in [-0.2, -0.15) is 0 Å². The fraction of sp³-hybridized carbons (Fsp3) is 0.200. The van der Waals surface area contributed by atoms with Gasteiger partial charge < -0.3 is 0 Å². The Morgan fingerprint density at radius 3 is 1.83 bits per heavy atom. The molecule has 0 nitrogen and oxygen atoms in total. The Bertz CT molecular complexity index is 267. The summed E-state index contributed by atoms with van der Waals surface area (Å²) in [6.45, 7) is 0. The summed E-state index contributed by atoms with van der Waals surface area (Å²) >= 11 is 2.59. The summed E-state index contributed by atoms with van der Waals surface area (Å²) in [7, 11) is 0.00704. The van der Waals surface area contributed by atoms with Gasteiger partial charge in [0.2, 0.25) is 0 Å². The van der Waals surface area contributed by atoms with Crippen molar-refractivity contribution in [2.24, 2.45) is 0 Å². The predicted octanol–water partition coefficient (Wildman–Crippen LogP) is 3.64. The average molecular weight is 316 g/mol. The van der Waals surface area contributed by atoms with E-state index in [-0.39, 0.29) is 10.4 Å². The zero-order valence-electron chi connectivity index (χ0n) is 6.59. The van der Waals surface area contributed by atoms with Gasteiger partial charge in [-0.3, -0.25) is 0 Å². The molecule has 0 atom stereocenters. The van der Waals surface area contributed by atoms with Crippen LogP contribution in [0.5, 0.6) is 0 Å². The zero-order valence-corrected chi connectivity index (χ0v) is 9.79. The molecule has 2 rings (SSSR count). The molecule has 0 radical (unpaired) electrons. The van der Waals surface area contributed by atoms with Crippen LogP contribution in [0.15, 0.2) is 45.5 Å². The van der Waals surface area contributed by atoms with Crippen LogP contribution in [0.25, 0.3) is 0 Å². The maximum absolute atomic E-state index is 2.59. The first-order valence-electron chi connectivity index (χ1n) is 3.89. The van der Waals surface area contributed by atoms with Gasteiger partial charge in [-0.25, -0.2) is 0 Å². The van der Waals surface area contributed by atoms with Crippen LogP contribution in [-0.2, 0) is 10.4 Å². The Kier molecular flexibility index (Phi) is 2.88. The van der Waals surface area contributed by atoms with E-state index in [1.165, 1.54) is 12.8 Å². The molecule has 0 spiro atoms. The normalized spacial score (nSPS) is 21.2. The molecule has 0 unspecified atom stereocenters. The third-order valence-corrected chi connectivity index (χ3v) is 7.55. The van der Waals surface area contributed by atoms with Crippen LogP contribution >= 0.6 is 20.4 Å². The van der Waals surface area contributed by atoms with Crippen molar-refractivity contribution in [1.29, 1.82) is 0 Å². The summed E-state index contributed by atoms with van der Waals surface area (Å²) in [6.07, 6.45) is 15.7. The summed E-state index contributed by atoms with van der Waals surface area (Å²) < 4.78 is 3.22. The quantitative estimate of drug-likeness (QED) is 0.682. The van der Waals surface area contributed by atoms with Crippen LogP contribution in [0.4, 0.5) is 0 Å². The molecule has 0 saturated heterocycles. The predicted molar refractivity (Wildman–Crippen MR) is 57.7 cm³/mol. The summed E-state index contributed by atoms with van der Waals surface area (Å²) in [5.41, 5.74) is 0. The van der Waals surface area contributed by atoms with Crippen molar-refractivity contribution in [1.82, 2.24) is 0 Å². The van der Waals surface area contributed by atoms with E-state index in [0.717, 1.165) is 0 Å². The number of hydrogen-bond acceptors (Lipinski definition) is 0. The topological polar surface area (TPSA) is 0 Å². The van der Waals surface area contributed by atoms with E-state index in [1.54, 1.807) is 9.02 Å². The summed E-state index contributed by atoms with van der Waals surface area (Å²) in [6, 6.07) is 0. The van der Waals surface area contributed by atoms with Crippen molar-refractivity contribution in [3.8, 4) is 0 Å². The second kappa shape index (κ2) is 3.94. The van der Waals surface area contributed by atoms with E-state index in [4.69, 9.17) is 0 Å². The van der Waals surface area contributed by atoms with Crippen molar-refractivity contribution in [2.75, 3.05) is 0 Å². The third-order valence-electron chi connectivity index (χ3n) is 1.79. The van der Waals surface area contributed by atoms with Crippen LogP contribution in [0.2, 0.25) is 0 Å². The molecule has 66 valence electrons. The van der Waals surface area contributed by atoms with Gasteiger partial charge in [-0.15, -0.1) is 0 Å². The van der Waals surface area contributed by atoms with Gasteiger partial charge in [0.1, 0.15) is 0 Å². The van der Waals surface area contributed by atoms with Gasteiger partial charge in [0, 0.05) is 0 Å². The maximum atomic E-state index is 2.59. The second-order valence-electron chi connectivity index (χ2n) is 2.64. The van der Waals surface area contributed by atoms with Crippen LogP contribution in [-0.4, -0.2) is 0 Å². The molecular weight excluding hydrogens is 306 g/mol. The molecule has 2 heteroatoms. The third kappa shape index (κ3) is 1.75. The molecule has 0 bridgehead atoms. The Morgan fingerprint density at radius 1 is 1.00 bits per heavy atom. The summed E-state index contributed by atoms with van der Waals surface area (Å²) in [5.74, 6) is 0. The molecule has 0 saturated carbocycles. The van der Waals surface area contributed by atoms with Crippen LogP contribution in [0.3, 0.4) is 0 Å². The van der Waals surface area contributed by atoms with E-state index >= 15 is 0 Å². The molecule has 0 fully saturated rings. The average Bonchev–Trinajstić information content (AvgIpc) is 2.77. The second-order valence-corrected chi connectivity index (χ2v) is 7.60. The fourth-order valence-corrected chi connectivity index (χ4v) is 4.93. The van der Waals surface area contributed by atoms with E-state index in [0.29, 0.717) is 0 Å². The van der Waals surface area contributed by atoms with Gasteiger partial charge in [-0.1, -0.05) is 0 Å². The Hall–Kier alpha value is 0.196. The summed E-state index contributed by atoms with van der Waals surface area (Å²) in [5, 5.41) is 0. The fourth-order valence-electron chi connectivity index (χ4n) is 1.18. The van der Waals surface area contributed by atoms with E-state index in [9.17, 15) is 0 Å². The molecule has 2 aliphatic rings. The van der Waals surface area contributed by atoms with Crippen LogP contribution in [0.1, 0.15) is 12.8 Å². The molecule has 12 heavy (non-hydrogen) atoms. The first kappa shape index (κ1) is 8.78. The van der Waals surface area contributed by atoms with Crippen molar-refractivity contribution >= 4 is 20.4 Å². The molecule has 0 aromatic heterocycles. The van der Waals surface area contributed by atoms with Gasteiger partial charge in [-0.05, 0) is 0 Å². The molecule has 0 amide bonds. The minimum absolute atomic E-state index is 0.00704. The first-order chi connectivity index (χ1) is 5.88. The SMILES string of the molecule is [I][Co]([C]1=CC=CC1)[C]1=CC=CC1. The molecular formula is C10H10CoI. The van der Waals surface area contributed by atoms with Crippen LogP contribution < -0.4 is 0 Å². The summed E-state index contributed by atoms with van der Waals surface area (Å²) in [4.78, 5) is 0. The van der Waals surface area contributed by atoms with Gasteiger partial charge >= 0.3 is 89.2 Å². The molecule has 0 N–H and O–H groups in total. The van der Waals surface area contributed by atoms with Crippen LogP contribution in [0, 0.1) is 0 Å². The van der Waals surface area contributed by atoms with Gasteiger partial charge in [0.15, 0.2) is 0 Å². The molecule has 0 aromatic rings. The van der Waals surface area contributed by atoms with Crippen molar-refractivity contribution < 1.29 is 10.4 Å². The van der Waals surface area contributed by atoms with Crippen molar-refractivity contribution in [2.45, 2.75) is 12.8 Å². The standard InChI is InChI=1S/2C5H5.Co.HI/c2*1-2-4-5-3-1;;/h2*1-3H,4H2;;1H/q;;+1;/p-1. The minimum atomic E-state index is 0.00704. The van der Waals surface area contributed by atoms with E-state index in [1.807, 2.05) is 0 Å². The van der Waals surface area contributed by atoms with Gasteiger partial charge in [0.05, 0.1) is 0 Å². The van der Waals surface area contributed by atoms with Crippen molar-refractivity contribution in [3.05, 3.63) is 45.5 Å². The number of hydrogen-bond donors (Lipinski definition) is 0. The molecule has 0 heterocycles. The number of halogens is 1. The van der Waals surface area contributed by atoms with Gasteiger partial charge in [0.25, 0.3) is 0 Å². The Labute approximate surface area is 88.7 Å². The number of allylic oxidation sites excluding steroid dienone is 8. The molecule has 0 aromatic carbocycles. The van der Waals surface area contributed by atoms with E-state index in [2.05, 4.69) is 56.9 Å². The molecule has 2 aliphatic carbocycles. The monoisotopic (exact) mass is 316 g/mol. The Morgan fingerprint density at radius 2 is 1.50 bits per heavy atom. The zero-order chi connectivity index (χ0) is 8.39. The Balaban J connectivity index is 2.05. The molecule has 0 aliphatic heterocycles. The number of rotatable bonds is 2. The first-order valence-corrected chi connectivity index (χ1v) is 8.29. The van der Waals surface area contributed by atoms with Crippen molar-refractivity contribution in [3.63, 3.8) is 0 Å².